The highest BCUT2D eigenvalue weighted by atomic mass is 32.1. The second-order valence-corrected chi connectivity index (χ2v) is 5.46. The third kappa shape index (κ3) is 4.52. The van der Waals surface area contributed by atoms with Crippen molar-refractivity contribution in [3.63, 3.8) is 0 Å². The Hall–Kier alpha value is -1.01. The maximum Gasteiger partial charge on any atom is 0.268 e. The number of hydrogen-bond acceptors (Lipinski definition) is 5. The maximum atomic E-state index is 12.0. The van der Waals surface area contributed by atoms with E-state index in [1.807, 2.05) is 0 Å². The highest BCUT2D eigenvalue weighted by Gasteiger charge is 2.12. The number of ether oxygens (including phenoxy) is 1. The van der Waals surface area contributed by atoms with Crippen molar-refractivity contribution in [3.8, 4) is 0 Å². The topological polar surface area (TPSA) is 47.4 Å². The van der Waals surface area contributed by atoms with Crippen LogP contribution >= 0.6 is 12.6 Å². The van der Waals surface area contributed by atoms with Gasteiger partial charge in [-0.3, -0.25) is 4.79 Å². The van der Waals surface area contributed by atoms with Crippen LogP contribution in [0.2, 0.25) is 0 Å². The first-order chi connectivity index (χ1) is 9.81. The Balaban J connectivity index is 1.87. The summed E-state index contributed by atoms with van der Waals surface area (Å²) in [5.74, 6) is 0.937. The van der Waals surface area contributed by atoms with Crippen LogP contribution in [0.1, 0.15) is 25.7 Å². The molecule has 5 nitrogen and oxygen atoms in total. The smallest absolute Gasteiger partial charge is 0.268 e. The minimum Gasteiger partial charge on any atom is -0.378 e. The number of morpholine rings is 1. The van der Waals surface area contributed by atoms with Crippen molar-refractivity contribution >= 4 is 18.3 Å². The molecule has 0 radical (unpaired) electrons. The number of hydrogen-bond donors (Lipinski definition) is 1. The number of anilines is 1. The third-order valence-corrected chi connectivity index (χ3v) is 3.83. The highest BCUT2D eigenvalue weighted by Crippen LogP contribution is 2.11. The van der Waals surface area contributed by atoms with Crippen LogP contribution in [0.5, 0.6) is 0 Å². The van der Waals surface area contributed by atoms with E-state index in [1.54, 1.807) is 16.9 Å². The number of aromatic nitrogens is 2. The third-order valence-electron chi connectivity index (χ3n) is 3.51. The number of rotatable bonds is 7. The van der Waals surface area contributed by atoms with Gasteiger partial charge >= 0.3 is 0 Å². The van der Waals surface area contributed by atoms with Crippen molar-refractivity contribution in [2.75, 3.05) is 37.0 Å². The molecule has 1 aliphatic rings. The van der Waals surface area contributed by atoms with Crippen molar-refractivity contribution in [3.05, 3.63) is 22.6 Å². The molecule has 1 fully saturated rings. The summed E-state index contributed by atoms with van der Waals surface area (Å²) in [5, 5.41) is 4.28. The predicted octanol–water partition coefficient (Wildman–Crippen LogP) is 1.57. The quantitative estimate of drug-likeness (QED) is 0.613. The van der Waals surface area contributed by atoms with Gasteiger partial charge in [0.2, 0.25) is 0 Å². The summed E-state index contributed by atoms with van der Waals surface area (Å²) in [4.78, 5) is 14.2. The van der Waals surface area contributed by atoms with Crippen molar-refractivity contribution in [1.29, 1.82) is 0 Å². The molecular formula is C14H23N3O2S. The Morgan fingerprint density at radius 1 is 1.20 bits per heavy atom. The van der Waals surface area contributed by atoms with Crippen LogP contribution in [0, 0.1) is 0 Å². The number of unbranched alkanes of at least 4 members (excludes halogenated alkanes) is 3. The first-order valence-corrected chi connectivity index (χ1v) is 7.95. The van der Waals surface area contributed by atoms with Crippen LogP contribution < -0.4 is 10.5 Å². The highest BCUT2D eigenvalue weighted by molar-refractivity contribution is 7.80. The second-order valence-electron chi connectivity index (χ2n) is 5.01. The molecule has 1 saturated heterocycles. The largest absolute Gasteiger partial charge is 0.378 e. The van der Waals surface area contributed by atoms with Gasteiger partial charge in [0.1, 0.15) is 0 Å². The zero-order valence-electron chi connectivity index (χ0n) is 11.8. The van der Waals surface area contributed by atoms with Gasteiger partial charge in [-0.15, -0.1) is 0 Å². The van der Waals surface area contributed by atoms with E-state index < -0.39 is 0 Å². The molecular weight excluding hydrogens is 274 g/mol. The lowest BCUT2D eigenvalue weighted by molar-refractivity contribution is 0.122. The standard InChI is InChI=1S/C14H23N3O2S/c18-14-11-13(16-6-8-19-9-7-16)12-15-17(14)5-3-1-2-4-10-20/h11-12,20H,1-10H2. The first kappa shape index (κ1) is 15.4. The fourth-order valence-electron chi connectivity index (χ4n) is 2.31. The zero-order valence-corrected chi connectivity index (χ0v) is 12.7. The molecule has 112 valence electrons. The van der Waals surface area contributed by atoms with Crippen LogP contribution in [0.25, 0.3) is 0 Å². The molecule has 0 amide bonds. The zero-order chi connectivity index (χ0) is 14.2. The van der Waals surface area contributed by atoms with Crippen LogP contribution in [-0.4, -0.2) is 41.8 Å². The average molecular weight is 297 g/mol. The Morgan fingerprint density at radius 2 is 1.95 bits per heavy atom. The molecule has 0 spiro atoms. The van der Waals surface area contributed by atoms with Gasteiger partial charge in [0.05, 0.1) is 25.1 Å². The van der Waals surface area contributed by atoms with E-state index >= 15 is 0 Å². The monoisotopic (exact) mass is 297 g/mol. The Morgan fingerprint density at radius 3 is 2.65 bits per heavy atom. The van der Waals surface area contributed by atoms with Crippen LogP contribution in [0.4, 0.5) is 5.69 Å². The van der Waals surface area contributed by atoms with Crippen molar-refractivity contribution in [2.45, 2.75) is 32.2 Å². The van der Waals surface area contributed by atoms with E-state index in [2.05, 4.69) is 22.6 Å². The van der Waals surface area contributed by atoms with E-state index in [-0.39, 0.29) is 5.56 Å². The van der Waals surface area contributed by atoms with Crippen molar-refractivity contribution in [2.24, 2.45) is 0 Å². The first-order valence-electron chi connectivity index (χ1n) is 7.32. The fraction of sp³-hybridized carbons (Fsp3) is 0.714. The lowest BCUT2D eigenvalue weighted by Gasteiger charge is -2.28. The van der Waals surface area contributed by atoms with Crippen LogP contribution in [0.3, 0.4) is 0 Å². The lowest BCUT2D eigenvalue weighted by Crippen LogP contribution is -2.37. The fourth-order valence-corrected chi connectivity index (χ4v) is 2.54. The molecule has 1 aromatic heterocycles. The average Bonchev–Trinajstić information content (AvgIpc) is 2.49. The summed E-state index contributed by atoms with van der Waals surface area (Å²) in [6.07, 6.45) is 6.23. The van der Waals surface area contributed by atoms with Crippen LogP contribution in [-0.2, 0) is 11.3 Å². The Kier molecular flexibility index (Phi) is 6.39. The van der Waals surface area contributed by atoms with Gasteiger partial charge in [-0.2, -0.15) is 17.7 Å². The molecule has 20 heavy (non-hydrogen) atoms. The molecule has 2 heterocycles. The van der Waals surface area contributed by atoms with E-state index in [9.17, 15) is 4.79 Å². The summed E-state index contributed by atoms with van der Waals surface area (Å²) >= 11 is 4.19. The van der Waals surface area contributed by atoms with Crippen molar-refractivity contribution in [1.82, 2.24) is 9.78 Å². The second kappa shape index (κ2) is 8.32. The molecule has 0 bridgehead atoms. The van der Waals surface area contributed by atoms with E-state index in [4.69, 9.17) is 4.74 Å². The lowest BCUT2D eigenvalue weighted by atomic mass is 10.2. The number of thiol groups is 1. The van der Waals surface area contributed by atoms with Gasteiger partial charge in [-0.05, 0) is 18.6 Å². The van der Waals surface area contributed by atoms with Gasteiger partial charge in [0, 0.05) is 25.7 Å². The number of nitrogens with zero attached hydrogens (tertiary/aromatic N) is 3. The van der Waals surface area contributed by atoms with Crippen LogP contribution in [0.15, 0.2) is 17.1 Å². The molecule has 2 rings (SSSR count). The minimum atomic E-state index is -0.0109. The molecule has 0 aromatic carbocycles. The molecule has 0 atom stereocenters. The van der Waals surface area contributed by atoms with Gasteiger partial charge in [-0.25, -0.2) is 4.68 Å². The summed E-state index contributed by atoms with van der Waals surface area (Å²) in [5.41, 5.74) is 0.896. The Labute approximate surface area is 125 Å². The minimum absolute atomic E-state index is 0.0109. The van der Waals surface area contributed by atoms with E-state index in [0.717, 1.165) is 43.8 Å². The summed E-state index contributed by atoms with van der Waals surface area (Å²) in [7, 11) is 0. The molecule has 1 aliphatic heterocycles. The van der Waals surface area contributed by atoms with Gasteiger partial charge in [0.15, 0.2) is 0 Å². The van der Waals surface area contributed by atoms with Gasteiger partial charge in [0.25, 0.3) is 5.56 Å². The SMILES string of the molecule is O=c1cc(N2CCOCC2)cnn1CCCCCCS. The molecule has 1 aromatic rings. The van der Waals surface area contributed by atoms with Gasteiger partial charge in [-0.1, -0.05) is 12.8 Å². The molecule has 0 saturated carbocycles. The number of aryl methyl sites for hydroxylation is 1. The van der Waals surface area contributed by atoms with E-state index in [0.29, 0.717) is 19.8 Å². The summed E-state index contributed by atoms with van der Waals surface area (Å²) < 4.78 is 6.87. The molecule has 0 unspecified atom stereocenters. The normalized spacial score (nSPS) is 15.6. The Bertz CT molecular complexity index is 458. The molecule has 6 heteroatoms. The summed E-state index contributed by atoms with van der Waals surface area (Å²) in [6, 6.07) is 1.69. The molecule has 0 N–H and O–H groups in total. The predicted molar refractivity (Wildman–Crippen MR) is 83.9 cm³/mol. The van der Waals surface area contributed by atoms with E-state index in [1.165, 1.54) is 6.42 Å². The van der Waals surface area contributed by atoms with Gasteiger partial charge < -0.3 is 9.64 Å². The maximum absolute atomic E-state index is 12.0. The summed E-state index contributed by atoms with van der Waals surface area (Å²) in [6.45, 7) is 3.79. The molecule has 0 aliphatic carbocycles. The van der Waals surface area contributed by atoms with Crippen molar-refractivity contribution < 1.29 is 4.74 Å².